The summed E-state index contributed by atoms with van der Waals surface area (Å²) in [6, 6.07) is 11.4. The second kappa shape index (κ2) is 4.69. The Hall–Kier alpha value is -3.26. The quantitative estimate of drug-likeness (QED) is 0.749. The smallest absolute Gasteiger partial charge is 0.339 e. The van der Waals surface area contributed by atoms with Crippen molar-refractivity contribution in [1.29, 1.82) is 5.26 Å². The molecule has 0 unspecified atom stereocenters. The molecule has 2 aromatic carbocycles. The van der Waals surface area contributed by atoms with E-state index in [4.69, 9.17) is 14.8 Å². The molecule has 102 valence electrons. The molecule has 0 saturated heterocycles. The largest absolute Gasteiger partial charge is 0.507 e. The Balaban J connectivity index is 2.25. The van der Waals surface area contributed by atoms with Crippen LogP contribution >= 0.6 is 0 Å². The van der Waals surface area contributed by atoms with Crippen LogP contribution in [-0.2, 0) is 0 Å². The van der Waals surface area contributed by atoms with Gasteiger partial charge in [0, 0.05) is 10.9 Å². The van der Waals surface area contributed by atoms with E-state index in [1.165, 1.54) is 18.4 Å². The van der Waals surface area contributed by atoms with E-state index in [0.717, 1.165) is 5.39 Å². The number of hydrogen-bond acceptors (Lipinski definition) is 4. The Morgan fingerprint density at radius 1 is 1.19 bits per heavy atom. The van der Waals surface area contributed by atoms with Gasteiger partial charge in [0.2, 0.25) is 0 Å². The fourth-order valence-electron chi connectivity index (χ4n) is 2.24. The molecule has 0 amide bonds. The van der Waals surface area contributed by atoms with Gasteiger partial charge >= 0.3 is 5.97 Å². The molecule has 3 aromatic rings. The van der Waals surface area contributed by atoms with Gasteiger partial charge in [-0.1, -0.05) is 6.07 Å². The highest BCUT2D eigenvalue weighted by molar-refractivity contribution is 5.96. The highest BCUT2D eigenvalue weighted by atomic mass is 16.4. The van der Waals surface area contributed by atoms with Gasteiger partial charge in [-0.05, 0) is 35.9 Å². The van der Waals surface area contributed by atoms with E-state index >= 15 is 0 Å². The highest BCUT2D eigenvalue weighted by Gasteiger charge is 2.14. The van der Waals surface area contributed by atoms with E-state index < -0.39 is 5.97 Å². The van der Waals surface area contributed by atoms with Gasteiger partial charge in [-0.25, -0.2) is 4.79 Å². The summed E-state index contributed by atoms with van der Waals surface area (Å²) >= 11 is 0. The fraction of sp³-hybridized carbons (Fsp3) is 0. The van der Waals surface area contributed by atoms with Crippen molar-refractivity contribution in [2.45, 2.75) is 0 Å². The number of carboxylic acid groups (broad SMARTS) is 1. The molecule has 0 aliphatic rings. The molecule has 0 atom stereocenters. The van der Waals surface area contributed by atoms with Crippen molar-refractivity contribution < 1.29 is 19.4 Å². The molecule has 0 spiro atoms. The summed E-state index contributed by atoms with van der Waals surface area (Å²) in [5.74, 6) is -1.53. The van der Waals surface area contributed by atoms with Crippen LogP contribution in [0.25, 0.3) is 22.1 Å². The van der Waals surface area contributed by atoms with Crippen LogP contribution in [0.2, 0.25) is 0 Å². The average molecular weight is 279 g/mol. The molecule has 5 heteroatoms. The Morgan fingerprint density at radius 2 is 2.00 bits per heavy atom. The van der Waals surface area contributed by atoms with Crippen molar-refractivity contribution in [3.63, 3.8) is 0 Å². The lowest BCUT2D eigenvalue weighted by Gasteiger charge is -2.06. The topological polar surface area (TPSA) is 94.5 Å². The normalized spacial score (nSPS) is 10.4. The minimum absolute atomic E-state index is 0.175. The van der Waals surface area contributed by atoms with Gasteiger partial charge in [-0.2, -0.15) is 5.26 Å². The number of nitrogens with zero attached hydrogens (tertiary/aromatic N) is 1. The Labute approximate surface area is 119 Å². The SMILES string of the molecule is N#Cc1cc(-c2ccc(C(=O)O)c(O)c2)c2occc2c1. The summed E-state index contributed by atoms with van der Waals surface area (Å²) in [6.07, 6.45) is 1.51. The van der Waals surface area contributed by atoms with E-state index in [-0.39, 0.29) is 11.3 Å². The summed E-state index contributed by atoms with van der Waals surface area (Å²) in [7, 11) is 0. The van der Waals surface area contributed by atoms with E-state index in [9.17, 15) is 9.90 Å². The maximum atomic E-state index is 10.9. The number of nitriles is 1. The van der Waals surface area contributed by atoms with Crippen LogP contribution in [0.5, 0.6) is 5.75 Å². The summed E-state index contributed by atoms with van der Waals surface area (Å²) in [5.41, 5.74) is 2.07. The first-order valence-electron chi connectivity index (χ1n) is 6.08. The molecule has 2 N–H and O–H groups in total. The number of carbonyl (C=O) groups is 1. The molecule has 0 bridgehead atoms. The maximum Gasteiger partial charge on any atom is 0.339 e. The minimum atomic E-state index is -1.20. The van der Waals surface area contributed by atoms with Gasteiger partial charge in [0.05, 0.1) is 17.9 Å². The molecule has 1 aromatic heterocycles. The van der Waals surface area contributed by atoms with E-state index in [0.29, 0.717) is 22.3 Å². The second-order valence-corrected chi connectivity index (χ2v) is 4.51. The van der Waals surface area contributed by atoms with Crippen LogP contribution in [-0.4, -0.2) is 16.2 Å². The first-order chi connectivity index (χ1) is 10.1. The maximum absolute atomic E-state index is 10.9. The number of hydrogen-bond donors (Lipinski definition) is 2. The molecule has 0 radical (unpaired) electrons. The molecule has 1 heterocycles. The van der Waals surface area contributed by atoms with E-state index in [2.05, 4.69) is 6.07 Å². The summed E-state index contributed by atoms with van der Waals surface area (Å²) < 4.78 is 5.41. The van der Waals surface area contributed by atoms with Gasteiger partial charge in [-0.15, -0.1) is 0 Å². The van der Waals surface area contributed by atoms with E-state index in [1.807, 2.05) is 0 Å². The molecule has 0 aliphatic carbocycles. The van der Waals surface area contributed by atoms with Crippen LogP contribution in [0.3, 0.4) is 0 Å². The molecule has 0 fully saturated rings. The number of benzene rings is 2. The molecule has 3 rings (SSSR count). The van der Waals surface area contributed by atoms with Gasteiger partial charge in [0.25, 0.3) is 0 Å². The molecular weight excluding hydrogens is 270 g/mol. The summed E-state index contributed by atoms with van der Waals surface area (Å²) in [5, 5.41) is 28.6. The molecular formula is C16H9NO4. The van der Waals surface area contributed by atoms with Crippen molar-refractivity contribution in [1.82, 2.24) is 0 Å². The molecule has 0 saturated carbocycles. The van der Waals surface area contributed by atoms with E-state index in [1.54, 1.807) is 24.3 Å². The number of fused-ring (bicyclic) bond motifs is 1. The number of phenols is 1. The Kier molecular flexibility index (Phi) is 2.85. The standard InChI is InChI=1S/C16H9NO4/c17-8-9-5-11-3-4-21-15(11)13(6-9)10-1-2-12(16(19)20)14(18)7-10/h1-7,18H,(H,19,20). The summed E-state index contributed by atoms with van der Waals surface area (Å²) in [6.45, 7) is 0. The van der Waals surface area contributed by atoms with Crippen molar-refractivity contribution in [2.24, 2.45) is 0 Å². The molecule has 0 aliphatic heterocycles. The van der Waals surface area contributed by atoms with Crippen LogP contribution in [0.15, 0.2) is 47.1 Å². The van der Waals surface area contributed by atoms with Gasteiger partial charge in [0.15, 0.2) is 0 Å². The molecule has 21 heavy (non-hydrogen) atoms. The third kappa shape index (κ3) is 2.09. The zero-order valence-electron chi connectivity index (χ0n) is 10.7. The van der Waals surface area contributed by atoms with Gasteiger partial charge < -0.3 is 14.6 Å². The van der Waals surface area contributed by atoms with Gasteiger partial charge in [0.1, 0.15) is 16.9 Å². The van der Waals surface area contributed by atoms with Crippen LogP contribution in [0, 0.1) is 11.3 Å². The first-order valence-corrected chi connectivity index (χ1v) is 6.08. The number of aromatic hydroxyl groups is 1. The van der Waals surface area contributed by atoms with Crippen LogP contribution < -0.4 is 0 Å². The van der Waals surface area contributed by atoms with Crippen molar-refractivity contribution in [3.05, 3.63) is 53.8 Å². The number of rotatable bonds is 2. The predicted octanol–water partition coefficient (Wildman–Crippen LogP) is 3.38. The lowest BCUT2D eigenvalue weighted by atomic mass is 9.99. The predicted molar refractivity (Wildman–Crippen MR) is 75.0 cm³/mol. The van der Waals surface area contributed by atoms with Crippen molar-refractivity contribution in [3.8, 4) is 22.9 Å². The third-order valence-corrected chi connectivity index (χ3v) is 3.22. The van der Waals surface area contributed by atoms with Crippen LogP contribution in [0.4, 0.5) is 0 Å². The summed E-state index contributed by atoms with van der Waals surface area (Å²) in [4.78, 5) is 10.9. The van der Waals surface area contributed by atoms with Crippen LogP contribution in [0.1, 0.15) is 15.9 Å². The van der Waals surface area contributed by atoms with Crippen molar-refractivity contribution >= 4 is 16.9 Å². The van der Waals surface area contributed by atoms with Gasteiger partial charge in [-0.3, -0.25) is 0 Å². The fourth-order valence-corrected chi connectivity index (χ4v) is 2.24. The number of furan rings is 1. The minimum Gasteiger partial charge on any atom is -0.507 e. The zero-order valence-corrected chi connectivity index (χ0v) is 10.7. The number of aromatic carboxylic acids is 1. The third-order valence-electron chi connectivity index (χ3n) is 3.22. The zero-order chi connectivity index (χ0) is 15.0. The Morgan fingerprint density at radius 3 is 2.67 bits per heavy atom. The average Bonchev–Trinajstić information content (AvgIpc) is 2.93. The van der Waals surface area contributed by atoms with Crippen molar-refractivity contribution in [2.75, 3.05) is 0 Å². The second-order valence-electron chi connectivity index (χ2n) is 4.51. The highest BCUT2D eigenvalue weighted by Crippen LogP contribution is 2.33. The Bertz CT molecular complexity index is 902. The first kappa shape index (κ1) is 12.8. The lowest BCUT2D eigenvalue weighted by molar-refractivity contribution is 0.0694. The number of carboxylic acids is 1. The monoisotopic (exact) mass is 279 g/mol. The molecule has 5 nitrogen and oxygen atoms in total. The lowest BCUT2D eigenvalue weighted by Crippen LogP contribution is -1.96.